The van der Waals surface area contributed by atoms with Crippen molar-refractivity contribution in [2.24, 2.45) is 0 Å². The summed E-state index contributed by atoms with van der Waals surface area (Å²) in [5, 5.41) is 1.97. The molecule has 0 aromatic heterocycles. The van der Waals surface area contributed by atoms with Crippen molar-refractivity contribution >= 4 is 17.6 Å². The average molecular weight is 212 g/mol. The van der Waals surface area contributed by atoms with E-state index in [-0.39, 0.29) is 12.2 Å². The van der Waals surface area contributed by atoms with Gasteiger partial charge in [0.15, 0.2) is 11.6 Å². The monoisotopic (exact) mass is 212 g/mol. The van der Waals surface area contributed by atoms with Crippen molar-refractivity contribution in [2.75, 3.05) is 11.4 Å². The second-order valence-corrected chi connectivity index (χ2v) is 3.01. The average Bonchev–Trinajstić information content (AvgIpc) is 2.50. The highest BCUT2D eigenvalue weighted by Gasteiger charge is 2.30. The fourth-order valence-corrected chi connectivity index (χ4v) is 1.34. The molecule has 78 valence electrons. The van der Waals surface area contributed by atoms with Crippen LogP contribution in [-0.2, 0) is 4.79 Å². The molecule has 1 saturated heterocycles. The predicted octanol–water partition coefficient (Wildman–Crippen LogP) is 1.02. The Labute approximate surface area is 83.5 Å². The van der Waals surface area contributed by atoms with Crippen molar-refractivity contribution in [3.05, 3.63) is 29.8 Å². The second kappa shape index (κ2) is 3.30. The largest absolute Gasteiger partial charge is 0.329 e. The third kappa shape index (κ3) is 1.54. The molecule has 1 N–H and O–H groups in total. The summed E-state index contributed by atoms with van der Waals surface area (Å²) >= 11 is 0. The Morgan fingerprint density at radius 2 is 2.00 bits per heavy atom. The first-order valence-corrected chi connectivity index (χ1v) is 4.15. The van der Waals surface area contributed by atoms with Gasteiger partial charge in [0.05, 0.1) is 5.69 Å². The van der Waals surface area contributed by atoms with E-state index in [9.17, 15) is 18.4 Å². The molecule has 1 aliphatic rings. The van der Waals surface area contributed by atoms with Crippen LogP contribution in [0.5, 0.6) is 0 Å². The standard InChI is InChI=1S/C9H6F2N2O2/c10-5-2-1-3-6(8(5)11)13-4-7(14)12-9(13)15/h1-3H,4H2,(H,12,14,15). The van der Waals surface area contributed by atoms with Gasteiger partial charge in [0.2, 0.25) is 5.91 Å². The number of nitrogens with one attached hydrogen (secondary N) is 1. The van der Waals surface area contributed by atoms with Gasteiger partial charge in [-0.25, -0.2) is 13.6 Å². The number of amides is 3. The normalized spacial score (nSPS) is 15.7. The summed E-state index contributed by atoms with van der Waals surface area (Å²) in [5.41, 5.74) is -0.238. The van der Waals surface area contributed by atoms with E-state index >= 15 is 0 Å². The lowest BCUT2D eigenvalue weighted by atomic mass is 10.2. The molecule has 1 fully saturated rings. The lowest BCUT2D eigenvalue weighted by molar-refractivity contribution is -0.117. The molecular weight excluding hydrogens is 206 g/mol. The first-order valence-electron chi connectivity index (χ1n) is 4.15. The molecule has 1 aromatic carbocycles. The summed E-state index contributed by atoms with van der Waals surface area (Å²) in [4.78, 5) is 22.8. The van der Waals surface area contributed by atoms with Crippen molar-refractivity contribution in [2.45, 2.75) is 0 Å². The van der Waals surface area contributed by atoms with Crippen molar-refractivity contribution in [1.29, 1.82) is 0 Å². The van der Waals surface area contributed by atoms with Gasteiger partial charge >= 0.3 is 6.03 Å². The van der Waals surface area contributed by atoms with Gasteiger partial charge < -0.3 is 0 Å². The highest BCUT2D eigenvalue weighted by atomic mass is 19.2. The first kappa shape index (κ1) is 9.57. The number of anilines is 1. The number of hydrogen-bond acceptors (Lipinski definition) is 2. The Morgan fingerprint density at radius 3 is 2.60 bits per heavy atom. The van der Waals surface area contributed by atoms with Gasteiger partial charge in [-0.2, -0.15) is 0 Å². The Balaban J connectivity index is 2.42. The zero-order chi connectivity index (χ0) is 11.0. The van der Waals surface area contributed by atoms with Crippen LogP contribution in [0.1, 0.15) is 0 Å². The van der Waals surface area contributed by atoms with E-state index in [1.54, 1.807) is 0 Å². The molecule has 0 unspecified atom stereocenters. The maximum absolute atomic E-state index is 13.2. The number of nitrogens with zero attached hydrogens (tertiary/aromatic N) is 1. The van der Waals surface area contributed by atoms with Crippen LogP contribution in [0.25, 0.3) is 0 Å². The highest BCUT2D eigenvalue weighted by molar-refractivity contribution is 6.12. The number of imide groups is 1. The van der Waals surface area contributed by atoms with Crippen LogP contribution in [0, 0.1) is 11.6 Å². The van der Waals surface area contributed by atoms with E-state index in [0.717, 1.165) is 11.0 Å². The summed E-state index contributed by atoms with van der Waals surface area (Å²) in [5.74, 6) is -2.73. The molecule has 1 aromatic rings. The fraction of sp³-hybridized carbons (Fsp3) is 0.111. The molecule has 6 heteroatoms. The lowest BCUT2D eigenvalue weighted by Gasteiger charge is -2.13. The molecule has 1 aliphatic heterocycles. The SMILES string of the molecule is O=C1CN(c2cccc(F)c2F)C(=O)N1. The van der Waals surface area contributed by atoms with Gasteiger partial charge in [0.1, 0.15) is 6.54 Å². The molecule has 1 heterocycles. The van der Waals surface area contributed by atoms with Crippen molar-refractivity contribution < 1.29 is 18.4 Å². The van der Waals surface area contributed by atoms with Crippen molar-refractivity contribution in [3.63, 3.8) is 0 Å². The van der Waals surface area contributed by atoms with E-state index in [1.165, 1.54) is 12.1 Å². The van der Waals surface area contributed by atoms with Crippen LogP contribution in [0.3, 0.4) is 0 Å². The summed E-state index contributed by atoms with van der Waals surface area (Å²) in [6.45, 7) is -0.292. The summed E-state index contributed by atoms with van der Waals surface area (Å²) in [6, 6.07) is 2.69. The zero-order valence-corrected chi connectivity index (χ0v) is 7.46. The molecule has 3 amide bonds. The Bertz CT molecular complexity index is 448. The third-order valence-corrected chi connectivity index (χ3v) is 2.02. The van der Waals surface area contributed by atoms with Gasteiger partial charge in [0, 0.05) is 0 Å². The molecule has 0 atom stereocenters. The quantitative estimate of drug-likeness (QED) is 0.706. The van der Waals surface area contributed by atoms with E-state index in [0.29, 0.717) is 0 Å². The van der Waals surface area contributed by atoms with Gasteiger partial charge in [-0.05, 0) is 12.1 Å². The highest BCUT2D eigenvalue weighted by Crippen LogP contribution is 2.22. The molecule has 0 bridgehead atoms. The Morgan fingerprint density at radius 1 is 1.27 bits per heavy atom. The fourth-order valence-electron chi connectivity index (χ4n) is 1.34. The zero-order valence-electron chi connectivity index (χ0n) is 7.46. The molecule has 2 rings (SSSR count). The van der Waals surface area contributed by atoms with E-state index in [2.05, 4.69) is 0 Å². The third-order valence-electron chi connectivity index (χ3n) is 2.02. The van der Waals surface area contributed by atoms with Gasteiger partial charge in [-0.1, -0.05) is 6.07 Å². The summed E-state index contributed by atoms with van der Waals surface area (Å²) in [6.07, 6.45) is 0. The van der Waals surface area contributed by atoms with Crippen molar-refractivity contribution in [3.8, 4) is 0 Å². The minimum Gasteiger partial charge on any atom is -0.282 e. The van der Waals surface area contributed by atoms with E-state index < -0.39 is 23.6 Å². The van der Waals surface area contributed by atoms with Gasteiger partial charge in [-0.3, -0.25) is 15.0 Å². The lowest BCUT2D eigenvalue weighted by Crippen LogP contribution is -2.28. The molecule has 0 spiro atoms. The predicted molar refractivity (Wildman–Crippen MR) is 47.2 cm³/mol. The number of rotatable bonds is 1. The van der Waals surface area contributed by atoms with Gasteiger partial charge in [-0.15, -0.1) is 0 Å². The smallest absolute Gasteiger partial charge is 0.282 e. The molecule has 15 heavy (non-hydrogen) atoms. The van der Waals surface area contributed by atoms with Crippen LogP contribution in [0.15, 0.2) is 18.2 Å². The van der Waals surface area contributed by atoms with Crippen molar-refractivity contribution in [1.82, 2.24) is 5.32 Å². The maximum Gasteiger partial charge on any atom is 0.329 e. The van der Waals surface area contributed by atoms with Crippen LogP contribution >= 0.6 is 0 Å². The van der Waals surface area contributed by atoms with Gasteiger partial charge in [0.25, 0.3) is 0 Å². The van der Waals surface area contributed by atoms with E-state index in [4.69, 9.17) is 0 Å². The number of benzene rings is 1. The first-order chi connectivity index (χ1) is 7.09. The van der Waals surface area contributed by atoms with E-state index in [1.807, 2.05) is 5.32 Å². The number of hydrogen-bond donors (Lipinski definition) is 1. The Hall–Kier alpha value is -1.98. The maximum atomic E-state index is 13.2. The second-order valence-electron chi connectivity index (χ2n) is 3.01. The molecule has 0 aliphatic carbocycles. The molecular formula is C9H6F2N2O2. The van der Waals surface area contributed by atoms with Crippen LogP contribution in [-0.4, -0.2) is 18.5 Å². The topological polar surface area (TPSA) is 49.4 Å². The Kier molecular flexibility index (Phi) is 2.11. The summed E-state index contributed by atoms with van der Waals surface area (Å²) in [7, 11) is 0. The molecule has 0 saturated carbocycles. The molecule has 0 radical (unpaired) electrons. The van der Waals surface area contributed by atoms with Crippen LogP contribution < -0.4 is 10.2 Å². The number of carbonyl (C=O) groups excluding carboxylic acids is 2. The number of halogens is 2. The van der Waals surface area contributed by atoms with Crippen LogP contribution in [0.4, 0.5) is 19.3 Å². The summed E-state index contributed by atoms with van der Waals surface area (Å²) < 4.78 is 26.1. The minimum atomic E-state index is -1.14. The minimum absolute atomic E-state index is 0.238. The van der Waals surface area contributed by atoms with Crippen LogP contribution in [0.2, 0.25) is 0 Å². The molecule has 4 nitrogen and oxygen atoms in total. The number of urea groups is 1. The number of carbonyl (C=O) groups is 2.